The molecule has 0 aliphatic carbocycles. The first-order chi connectivity index (χ1) is 15.0. The summed E-state index contributed by atoms with van der Waals surface area (Å²) in [4.78, 5) is 23.3. The average Bonchev–Trinajstić information content (AvgIpc) is 3.17. The quantitative estimate of drug-likeness (QED) is 0.315. The lowest BCUT2D eigenvalue weighted by atomic mass is 9.86. The van der Waals surface area contributed by atoms with Crippen LogP contribution >= 0.6 is 23.2 Å². The summed E-state index contributed by atoms with van der Waals surface area (Å²) < 4.78 is 42.4. The van der Waals surface area contributed by atoms with Crippen LogP contribution in [0.5, 0.6) is 0 Å². The molecule has 1 atom stereocenters. The summed E-state index contributed by atoms with van der Waals surface area (Å²) >= 11 is 11.8. The molecule has 2 aromatic carbocycles. The summed E-state index contributed by atoms with van der Waals surface area (Å²) in [7, 11) is 2.85. The molecule has 0 spiro atoms. The van der Waals surface area contributed by atoms with E-state index in [2.05, 4.69) is 15.1 Å². The van der Waals surface area contributed by atoms with Crippen molar-refractivity contribution in [3.8, 4) is 0 Å². The van der Waals surface area contributed by atoms with Crippen LogP contribution in [0.15, 0.2) is 46.7 Å². The fourth-order valence-corrected chi connectivity index (χ4v) is 3.81. The van der Waals surface area contributed by atoms with Crippen LogP contribution in [-0.2, 0) is 15.3 Å². The van der Waals surface area contributed by atoms with Gasteiger partial charge in [-0.2, -0.15) is 13.2 Å². The Morgan fingerprint density at radius 1 is 1.25 bits per heavy atom. The number of carbonyl (C=O) groups is 1. The molecule has 0 saturated carbocycles. The molecule has 1 amide bonds. The lowest BCUT2D eigenvalue weighted by molar-refractivity contribution is -0.275. The van der Waals surface area contributed by atoms with Crippen LogP contribution < -0.4 is 0 Å². The molecule has 170 valence electrons. The van der Waals surface area contributed by atoms with E-state index < -0.39 is 18.2 Å². The summed E-state index contributed by atoms with van der Waals surface area (Å²) in [5.41, 5.74) is -1.61. The second kappa shape index (κ2) is 8.99. The van der Waals surface area contributed by atoms with Gasteiger partial charge in [-0.1, -0.05) is 39.6 Å². The van der Waals surface area contributed by atoms with Crippen molar-refractivity contribution in [2.75, 3.05) is 14.2 Å². The SMILES string of the molecule is CO/N=C/N(C)C(=O)c1ccc(C2=NOC(c3cc(Cl)cc(Cl)c3)(C(F)(F)F)C2)cc1C. The maximum absolute atomic E-state index is 14.1. The molecule has 0 saturated heterocycles. The van der Waals surface area contributed by atoms with E-state index in [-0.39, 0.29) is 27.2 Å². The van der Waals surface area contributed by atoms with Gasteiger partial charge in [-0.15, -0.1) is 0 Å². The Balaban J connectivity index is 1.93. The van der Waals surface area contributed by atoms with Gasteiger partial charge in [-0.3, -0.25) is 9.69 Å². The van der Waals surface area contributed by atoms with Crippen LogP contribution in [0.3, 0.4) is 0 Å². The van der Waals surface area contributed by atoms with E-state index in [0.29, 0.717) is 16.7 Å². The van der Waals surface area contributed by atoms with Crippen molar-refractivity contribution in [1.29, 1.82) is 0 Å². The number of amides is 1. The van der Waals surface area contributed by atoms with E-state index in [1.807, 2.05) is 0 Å². The Morgan fingerprint density at radius 3 is 2.47 bits per heavy atom. The Labute approximate surface area is 192 Å². The summed E-state index contributed by atoms with van der Waals surface area (Å²) in [5, 5.41) is 7.36. The summed E-state index contributed by atoms with van der Waals surface area (Å²) in [6.07, 6.45) is -4.17. The second-order valence-corrected chi connectivity index (χ2v) is 8.01. The van der Waals surface area contributed by atoms with Crippen LogP contribution in [0.4, 0.5) is 13.2 Å². The molecule has 3 rings (SSSR count). The highest BCUT2D eigenvalue weighted by Gasteiger charge is 2.62. The third kappa shape index (κ3) is 4.54. The normalized spacial score (nSPS) is 18.4. The number of hydrogen-bond donors (Lipinski definition) is 0. The van der Waals surface area contributed by atoms with Gasteiger partial charge >= 0.3 is 6.18 Å². The van der Waals surface area contributed by atoms with Crippen LogP contribution in [0, 0.1) is 6.92 Å². The Kier molecular flexibility index (Phi) is 6.71. The highest BCUT2D eigenvalue weighted by molar-refractivity contribution is 6.34. The molecule has 0 radical (unpaired) electrons. The average molecular weight is 488 g/mol. The van der Waals surface area contributed by atoms with Crippen molar-refractivity contribution in [3.05, 3.63) is 68.7 Å². The van der Waals surface area contributed by atoms with Crippen LogP contribution in [0.1, 0.15) is 33.5 Å². The van der Waals surface area contributed by atoms with Gasteiger partial charge in [-0.05, 0) is 48.4 Å². The van der Waals surface area contributed by atoms with Gasteiger partial charge in [-0.25, -0.2) is 0 Å². The number of carbonyl (C=O) groups excluding carboxylic acids is 1. The molecular weight excluding hydrogens is 470 g/mol. The van der Waals surface area contributed by atoms with E-state index in [1.54, 1.807) is 13.0 Å². The molecule has 0 bridgehead atoms. The maximum atomic E-state index is 14.1. The molecule has 0 aromatic heterocycles. The molecule has 0 N–H and O–H groups in total. The van der Waals surface area contributed by atoms with Crippen molar-refractivity contribution < 1.29 is 27.6 Å². The van der Waals surface area contributed by atoms with Gasteiger partial charge in [0.15, 0.2) is 0 Å². The minimum atomic E-state index is -4.79. The Bertz CT molecular complexity index is 1090. The predicted octanol–water partition coefficient (Wildman–Crippen LogP) is 5.55. The minimum Gasteiger partial charge on any atom is -0.398 e. The monoisotopic (exact) mass is 487 g/mol. The van der Waals surface area contributed by atoms with Crippen molar-refractivity contribution in [2.45, 2.75) is 25.1 Å². The fourth-order valence-electron chi connectivity index (χ4n) is 3.29. The minimum absolute atomic E-state index is 0.0491. The number of benzene rings is 2. The van der Waals surface area contributed by atoms with Crippen LogP contribution in [0.25, 0.3) is 0 Å². The molecule has 6 nitrogen and oxygen atoms in total. The molecule has 11 heteroatoms. The van der Waals surface area contributed by atoms with Crippen LogP contribution in [-0.4, -0.2) is 43.2 Å². The lowest BCUT2D eigenvalue weighted by Gasteiger charge is -2.29. The first kappa shape index (κ1) is 23.9. The van der Waals surface area contributed by atoms with Gasteiger partial charge in [0.1, 0.15) is 13.4 Å². The van der Waals surface area contributed by atoms with E-state index in [0.717, 1.165) is 12.1 Å². The molecule has 2 aromatic rings. The third-order valence-electron chi connectivity index (χ3n) is 4.95. The number of oxime groups is 2. The molecule has 1 heterocycles. The van der Waals surface area contributed by atoms with Crippen molar-refractivity contribution >= 4 is 41.2 Å². The van der Waals surface area contributed by atoms with Crippen molar-refractivity contribution in [1.82, 2.24) is 4.90 Å². The summed E-state index contributed by atoms with van der Waals surface area (Å²) in [6.45, 7) is 1.67. The molecule has 0 fully saturated rings. The first-order valence-electron chi connectivity index (χ1n) is 9.21. The van der Waals surface area contributed by atoms with Gasteiger partial charge in [0, 0.05) is 34.6 Å². The number of aryl methyl sites for hydroxylation is 1. The third-order valence-corrected chi connectivity index (χ3v) is 5.39. The first-order valence-corrected chi connectivity index (χ1v) is 9.97. The molecule has 1 aliphatic heterocycles. The maximum Gasteiger partial charge on any atom is 0.435 e. The standard InChI is InChI=1S/C21H18Cl2F3N3O3/c1-12-6-13(4-5-17(12)19(30)29(2)11-27-31-3)18-10-20(32-28-18,21(24,25)26)14-7-15(22)9-16(23)8-14/h4-9,11H,10H2,1-3H3/b27-11+. The Hall–Kier alpha value is -2.78. The molecule has 1 unspecified atom stereocenters. The number of rotatable bonds is 5. The Morgan fingerprint density at radius 2 is 1.91 bits per heavy atom. The topological polar surface area (TPSA) is 63.5 Å². The summed E-state index contributed by atoms with van der Waals surface area (Å²) in [6, 6.07) is 8.25. The van der Waals surface area contributed by atoms with Gasteiger partial charge in [0.2, 0.25) is 0 Å². The highest BCUT2D eigenvalue weighted by Crippen LogP contribution is 2.49. The van der Waals surface area contributed by atoms with E-state index in [4.69, 9.17) is 28.0 Å². The van der Waals surface area contributed by atoms with E-state index in [9.17, 15) is 18.0 Å². The van der Waals surface area contributed by atoms with Gasteiger partial charge in [0.05, 0.1) is 5.71 Å². The molecule has 1 aliphatic rings. The smallest absolute Gasteiger partial charge is 0.398 e. The number of alkyl halides is 3. The number of nitrogens with zero attached hydrogens (tertiary/aromatic N) is 3. The van der Waals surface area contributed by atoms with Gasteiger partial charge in [0.25, 0.3) is 11.5 Å². The zero-order valence-electron chi connectivity index (χ0n) is 17.2. The van der Waals surface area contributed by atoms with E-state index in [1.165, 1.54) is 43.6 Å². The number of halogens is 5. The van der Waals surface area contributed by atoms with Crippen molar-refractivity contribution in [2.24, 2.45) is 10.3 Å². The zero-order valence-corrected chi connectivity index (χ0v) is 18.7. The zero-order chi connectivity index (χ0) is 23.7. The van der Waals surface area contributed by atoms with E-state index >= 15 is 0 Å². The molecule has 32 heavy (non-hydrogen) atoms. The molecular formula is C21H18Cl2F3N3O3. The van der Waals surface area contributed by atoms with Crippen LogP contribution in [0.2, 0.25) is 10.0 Å². The lowest BCUT2D eigenvalue weighted by Crippen LogP contribution is -2.42. The van der Waals surface area contributed by atoms with Crippen molar-refractivity contribution in [3.63, 3.8) is 0 Å². The highest BCUT2D eigenvalue weighted by atomic mass is 35.5. The summed E-state index contributed by atoms with van der Waals surface area (Å²) in [5.74, 6) is -0.363. The predicted molar refractivity (Wildman–Crippen MR) is 115 cm³/mol. The van der Waals surface area contributed by atoms with Gasteiger partial charge < -0.3 is 9.68 Å². The largest absolute Gasteiger partial charge is 0.435 e. The fraction of sp³-hybridized carbons (Fsp3) is 0.286. The second-order valence-electron chi connectivity index (χ2n) is 7.14. The number of hydrogen-bond acceptors (Lipinski definition) is 5.